The molecule has 0 spiro atoms. The maximum absolute atomic E-state index is 8.97. The van der Waals surface area contributed by atoms with Crippen molar-refractivity contribution in [2.75, 3.05) is 18.0 Å². The lowest BCUT2D eigenvalue weighted by Crippen LogP contribution is -2.27. The number of pyridine rings is 1. The van der Waals surface area contributed by atoms with Crippen LogP contribution < -0.4 is 4.90 Å². The van der Waals surface area contributed by atoms with E-state index >= 15 is 0 Å². The maximum Gasteiger partial charge on any atom is 0.129 e. The second-order valence-electron chi connectivity index (χ2n) is 3.35. The summed E-state index contributed by atoms with van der Waals surface area (Å²) in [6, 6.07) is 5.76. The zero-order valence-corrected chi connectivity index (χ0v) is 8.06. The summed E-state index contributed by atoms with van der Waals surface area (Å²) in [5, 5.41) is 8.97. The quantitative estimate of drug-likeness (QED) is 0.715. The van der Waals surface area contributed by atoms with Crippen LogP contribution in [0.2, 0.25) is 0 Å². The molecule has 0 saturated carbocycles. The summed E-state index contributed by atoms with van der Waals surface area (Å²) in [5.41, 5.74) is 0.733. The van der Waals surface area contributed by atoms with Gasteiger partial charge in [0.2, 0.25) is 0 Å². The third kappa shape index (κ3) is 1.93. The van der Waals surface area contributed by atoms with Gasteiger partial charge in [-0.05, 0) is 18.6 Å². The molecule has 1 aliphatic rings. The van der Waals surface area contributed by atoms with Crippen molar-refractivity contribution in [3.05, 3.63) is 36.0 Å². The number of aliphatic hydroxyl groups is 1. The van der Waals surface area contributed by atoms with Gasteiger partial charge >= 0.3 is 0 Å². The Hall–Kier alpha value is -1.35. The first-order valence-electron chi connectivity index (χ1n) is 4.87. The second kappa shape index (κ2) is 4.24. The van der Waals surface area contributed by atoms with Gasteiger partial charge < -0.3 is 10.0 Å². The first-order valence-corrected chi connectivity index (χ1v) is 4.87. The maximum atomic E-state index is 8.97. The number of aliphatic hydroxyl groups excluding tert-OH is 1. The fourth-order valence-electron chi connectivity index (χ4n) is 1.58. The summed E-state index contributed by atoms with van der Waals surface area (Å²) < 4.78 is 0. The molecule has 0 fully saturated rings. The summed E-state index contributed by atoms with van der Waals surface area (Å²) in [5.74, 6) is 0.959. The van der Waals surface area contributed by atoms with E-state index in [-0.39, 0.29) is 6.61 Å². The number of nitrogens with zero attached hydrogens (tertiary/aromatic N) is 2. The van der Waals surface area contributed by atoms with Crippen LogP contribution in [0, 0.1) is 0 Å². The Labute approximate surface area is 83.7 Å². The van der Waals surface area contributed by atoms with Gasteiger partial charge in [-0.2, -0.15) is 0 Å². The van der Waals surface area contributed by atoms with Crippen molar-refractivity contribution < 1.29 is 5.11 Å². The molecule has 0 atom stereocenters. The Morgan fingerprint density at radius 3 is 3.00 bits per heavy atom. The zero-order valence-electron chi connectivity index (χ0n) is 8.06. The van der Waals surface area contributed by atoms with E-state index in [1.165, 1.54) is 0 Å². The Bertz CT molecular complexity index is 336. The normalized spacial score (nSPS) is 15.9. The van der Waals surface area contributed by atoms with E-state index in [0.29, 0.717) is 0 Å². The third-order valence-electron chi connectivity index (χ3n) is 2.34. The molecule has 3 heteroatoms. The summed E-state index contributed by atoms with van der Waals surface area (Å²) in [4.78, 5) is 6.56. The number of aromatic nitrogens is 1. The van der Waals surface area contributed by atoms with Gasteiger partial charge in [-0.25, -0.2) is 4.98 Å². The van der Waals surface area contributed by atoms with Crippen molar-refractivity contribution in [2.45, 2.75) is 13.0 Å². The highest BCUT2D eigenvalue weighted by Gasteiger charge is 2.08. The smallest absolute Gasteiger partial charge is 0.129 e. The standard InChI is InChI=1S/C11H14N2O/c14-9-10-5-4-6-11(12-10)13-7-2-1-3-8-13/h1-2,4-6,14H,3,7-9H2. The topological polar surface area (TPSA) is 36.4 Å². The lowest BCUT2D eigenvalue weighted by Gasteiger charge is -2.24. The van der Waals surface area contributed by atoms with Gasteiger partial charge in [0.15, 0.2) is 0 Å². The summed E-state index contributed by atoms with van der Waals surface area (Å²) in [6.45, 7) is 1.94. The highest BCUT2D eigenvalue weighted by Crippen LogP contribution is 2.14. The van der Waals surface area contributed by atoms with Crippen molar-refractivity contribution in [1.82, 2.24) is 4.98 Å². The molecule has 0 saturated heterocycles. The first kappa shape index (κ1) is 9.21. The van der Waals surface area contributed by atoms with E-state index in [0.717, 1.165) is 31.0 Å². The number of rotatable bonds is 2. The van der Waals surface area contributed by atoms with Gasteiger partial charge in [-0.3, -0.25) is 0 Å². The Kier molecular flexibility index (Phi) is 2.79. The molecule has 1 N–H and O–H groups in total. The minimum absolute atomic E-state index is 0.0114. The molecule has 0 radical (unpaired) electrons. The van der Waals surface area contributed by atoms with Gasteiger partial charge in [-0.15, -0.1) is 0 Å². The molecule has 0 aromatic carbocycles. The number of hydrogen-bond donors (Lipinski definition) is 1. The van der Waals surface area contributed by atoms with Gasteiger partial charge in [0.1, 0.15) is 5.82 Å². The third-order valence-corrected chi connectivity index (χ3v) is 2.34. The van der Waals surface area contributed by atoms with Crippen LogP contribution >= 0.6 is 0 Å². The molecule has 14 heavy (non-hydrogen) atoms. The molecular weight excluding hydrogens is 176 g/mol. The minimum atomic E-state index is 0.0114. The van der Waals surface area contributed by atoms with Crippen molar-refractivity contribution in [3.8, 4) is 0 Å². The van der Waals surface area contributed by atoms with E-state index in [1.807, 2.05) is 18.2 Å². The molecule has 74 valence electrons. The molecular formula is C11H14N2O. The average Bonchev–Trinajstić information content (AvgIpc) is 2.30. The largest absolute Gasteiger partial charge is 0.390 e. The van der Waals surface area contributed by atoms with Gasteiger partial charge in [0, 0.05) is 13.1 Å². The van der Waals surface area contributed by atoms with Crippen LogP contribution in [0.3, 0.4) is 0 Å². The molecule has 2 rings (SSSR count). The van der Waals surface area contributed by atoms with Gasteiger partial charge in [0.25, 0.3) is 0 Å². The van der Waals surface area contributed by atoms with Crippen molar-refractivity contribution in [2.24, 2.45) is 0 Å². The molecule has 1 aromatic rings. The molecule has 3 nitrogen and oxygen atoms in total. The number of hydrogen-bond acceptors (Lipinski definition) is 3. The highest BCUT2D eigenvalue weighted by molar-refractivity contribution is 5.40. The molecule has 0 bridgehead atoms. The van der Waals surface area contributed by atoms with E-state index in [2.05, 4.69) is 22.0 Å². The Balaban J connectivity index is 2.18. The lowest BCUT2D eigenvalue weighted by molar-refractivity contribution is 0.277. The first-order chi connectivity index (χ1) is 6.90. The van der Waals surface area contributed by atoms with Crippen LogP contribution in [-0.4, -0.2) is 23.2 Å². The van der Waals surface area contributed by atoms with Crippen LogP contribution in [0.25, 0.3) is 0 Å². The van der Waals surface area contributed by atoms with E-state index < -0.39 is 0 Å². The second-order valence-corrected chi connectivity index (χ2v) is 3.35. The van der Waals surface area contributed by atoms with Crippen LogP contribution in [0.5, 0.6) is 0 Å². The summed E-state index contributed by atoms with van der Waals surface area (Å²) in [6.07, 6.45) is 5.41. The fraction of sp³-hybridized carbons (Fsp3) is 0.364. The molecule has 0 amide bonds. The highest BCUT2D eigenvalue weighted by atomic mass is 16.3. The SMILES string of the molecule is OCc1cccc(N2CC=CCC2)n1. The monoisotopic (exact) mass is 190 g/mol. The van der Waals surface area contributed by atoms with Gasteiger partial charge in [0.05, 0.1) is 12.3 Å². The van der Waals surface area contributed by atoms with E-state index in [9.17, 15) is 0 Å². The van der Waals surface area contributed by atoms with E-state index in [4.69, 9.17) is 5.11 Å². The van der Waals surface area contributed by atoms with Crippen LogP contribution in [-0.2, 0) is 6.61 Å². The fourth-order valence-corrected chi connectivity index (χ4v) is 1.58. The molecule has 0 aliphatic carbocycles. The van der Waals surface area contributed by atoms with Gasteiger partial charge in [-0.1, -0.05) is 18.2 Å². The minimum Gasteiger partial charge on any atom is -0.390 e. The van der Waals surface area contributed by atoms with E-state index in [1.54, 1.807) is 0 Å². The predicted octanol–water partition coefficient (Wildman–Crippen LogP) is 1.34. The molecule has 1 aliphatic heterocycles. The lowest BCUT2D eigenvalue weighted by atomic mass is 10.2. The van der Waals surface area contributed by atoms with Crippen molar-refractivity contribution in [3.63, 3.8) is 0 Å². The Morgan fingerprint density at radius 1 is 1.36 bits per heavy atom. The number of anilines is 1. The van der Waals surface area contributed by atoms with Crippen molar-refractivity contribution >= 4 is 5.82 Å². The summed E-state index contributed by atoms with van der Waals surface area (Å²) in [7, 11) is 0. The van der Waals surface area contributed by atoms with Crippen molar-refractivity contribution in [1.29, 1.82) is 0 Å². The Morgan fingerprint density at radius 2 is 2.29 bits per heavy atom. The summed E-state index contributed by atoms with van der Waals surface area (Å²) >= 11 is 0. The average molecular weight is 190 g/mol. The van der Waals surface area contributed by atoms with Crippen LogP contribution in [0.15, 0.2) is 30.4 Å². The molecule has 0 unspecified atom stereocenters. The predicted molar refractivity (Wildman–Crippen MR) is 56.1 cm³/mol. The van der Waals surface area contributed by atoms with Crippen LogP contribution in [0.4, 0.5) is 5.82 Å². The van der Waals surface area contributed by atoms with Crippen LogP contribution in [0.1, 0.15) is 12.1 Å². The molecule has 2 heterocycles. The molecule has 1 aromatic heterocycles. The zero-order chi connectivity index (χ0) is 9.80.